The van der Waals surface area contributed by atoms with Crippen molar-refractivity contribution in [2.45, 2.75) is 6.61 Å². The van der Waals surface area contributed by atoms with Gasteiger partial charge in [0.15, 0.2) is 0 Å². The molecule has 6 nitrogen and oxygen atoms in total. The maximum absolute atomic E-state index is 5.93. The fourth-order valence-electron chi connectivity index (χ4n) is 1.40. The molecule has 100 valence electrons. The average Bonchev–Trinajstić information content (AvgIpc) is 2.47. The Morgan fingerprint density at radius 3 is 2.68 bits per heavy atom. The SMILES string of the molecule is COc1ccc(COc2nc(NN)ncc2Cl)cc1. The van der Waals surface area contributed by atoms with Crippen LogP contribution in [0, 0.1) is 0 Å². The maximum atomic E-state index is 5.93. The minimum atomic E-state index is 0.245. The van der Waals surface area contributed by atoms with Gasteiger partial charge in [0.05, 0.1) is 13.3 Å². The van der Waals surface area contributed by atoms with Gasteiger partial charge in [0.2, 0.25) is 11.8 Å². The molecule has 1 heterocycles. The predicted octanol–water partition coefficient (Wildman–Crippen LogP) is 2.00. The van der Waals surface area contributed by atoms with Gasteiger partial charge < -0.3 is 9.47 Å². The van der Waals surface area contributed by atoms with Crippen LogP contribution in [0.25, 0.3) is 0 Å². The van der Waals surface area contributed by atoms with Crippen molar-refractivity contribution in [1.82, 2.24) is 9.97 Å². The molecule has 0 aliphatic heterocycles. The van der Waals surface area contributed by atoms with Crippen LogP contribution in [0.15, 0.2) is 30.5 Å². The van der Waals surface area contributed by atoms with Crippen molar-refractivity contribution in [2.24, 2.45) is 5.84 Å². The molecule has 0 atom stereocenters. The third kappa shape index (κ3) is 3.46. The Labute approximate surface area is 115 Å². The molecule has 0 saturated carbocycles. The Hall–Kier alpha value is -2.05. The zero-order chi connectivity index (χ0) is 13.7. The van der Waals surface area contributed by atoms with E-state index >= 15 is 0 Å². The predicted molar refractivity (Wildman–Crippen MR) is 72.2 cm³/mol. The molecule has 0 spiro atoms. The number of rotatable bonds is 5. The molecule has 3 N–H and O–H groups in total. The number of ether oxygens (including phenoxy) is 2. The number of nitrogens with two attached hydrogens (primary N) is 1. The molecule has 2 rings (SSSR count). The Morgan fingerprint density at radius 1 is 1.32 bits per heavy atom. The number of aromatic nitrogens is 2. The second kappa shape index (κ2) is 6.21. The first-order chi connectivity index (χ1) is 9.22. The first-order valence-electron chi connectivity index (χ1n) is 5.48. The molecule has 0 saturated heterocycles. The molecule has 1 aromatic heterocycles. The van der Waals surface area contributed by atoms with E-state index in [4.69, 9.17) is 26.9 Å². The van der Waals surface area contributed by atoms with Gasteiger partial charge in [-0.1, -0.05) is 23.7 Å². The summed E-state index contributed by atoms with van der Waals surface area (Å²) in [4.78, 5) is 7.87. The van der Waals surface area contributed by atoms with Crippen molar-refractivity contribution < 1.29 is 9.47 Å². The number of nitrogens with zero attached hydrogens (tertiary/aromatic N) is 2. The van der Waals surface area contributed by atoms with E-state index in [9.17, 15) is 0 Å². The normalized spacial score (nSPS) is 10.1. The van der Waals surface area contributed by atoms with Crippen molar-refractivity contribution in [3.8, 4) is 11.6 Å². The molecule has 0 radical (unpaired) electrons. The zero-order valence-corrected chi connectivity index (χ0v) is 11.0. The number of halogens is 1. The standard InChI is InChI=1S/C12H13ClN4O2/c1-18-9-4-2-8(3-5-9)7-19-11-10(13)6-15-12(16-11)17-14/h2-6H,7,14H2,1H3,(H,15,16,17). The number of anilines is 1. The smallest absolute Gasteiger partial charge is 0.240 e. The lowest BCUT2D eigenvalue weighted by atomic mass is 10.2. The summed E-state index contributed by atoms with van der Waals surface area (Å²) in [5, 5.41) is 0.326. The Balaban J connectivity index is 2.05. The van der Waals surface area contributed by atoms with Gasteiger partial charge in [0.25, 0.3) is 0 Å². The van der Waals surface area contributed by atoms with Crippen LogP contribution in [0.1, 0.15) is 5.56 Å². The molecular formula is C12H13ClN4O2. The van der Waals surface area contributed by atoms with E-state index in [0.29, 0.717) is 11.6 Å². The lowest BCUT2D eigenvalue weighted by Crippen LogP contribution is -2.11. The first kappa shape index (κ1) is 13.4. The number of methoxy groups -OCH3 is 1. The van der Waals surface area contributed by atoms with Crippen molar-refractivity contribution in [2.75, 3.05) is 12.5 Å². The molecule has 0 aliphatic rings. The number of nitrogens with one attached hydrogen (secondary N) is 1. The minimum Gasteiger partial charge on any atom is -0.497 e. The highest BCUT2D eigenvalue weighted by Gasteiger charge is 2.06. The van der Waals surface area contributed by atoms with Crippen LogP contribution in [0.2, 0.25) is 5.02 Å². The van der Waals surface area contributed by atoms with Crippen LogP contribution < -0.4 is 20.7 Å². The molecule has 0 fully saturated rings. The van der Waals surface area contributed by atoms with Crippen molar-refractivity contribution in [3.05, 3.63) is 41.0 Å². The molecule has 0 aliphatic carbocycles. The van der Waals surface area contributed by atoms with Gasteiger partial charge in [0.1, 0.15) is 17.4 Å². The highest BCUT2D eigenvalue weighted by molar-refractivity contribution is 6.31. The van der Waals surface area contributed by atoms with Gasteiger partial charge >= 0.3 is 0 Å². The van der Waals surface area contributed by atoms with Crippen LogP contribution in [0.4, 0.5) is 5.95 Å². The van der Waals surface area contributed by atoms with Crippen LogP contribution in [-0.2, 0) is 6.61 Å². The maximum Gasteiger partial charge on any atom is 0.240 e. The summed E-state index contributed by atoms with van der Waals surface area (Å²) in [7, 11) is 1.62. The second-order valence-corrected chi connectivity index (χ2v) is 4.03. The topological polar surface area (TPSA) is 82.3 Å². The van der Waals surface area contributed by atoms with E-state index in [-0.39, 0.29) is 11.8 Å². The lowest BCUT2D eigenvalue weighted by molar-refractivity contribution is 0.294. The zero-order valence-electron chi connectivity index (χ0n) is 10.3. The summed E-state index contributed by atoms with van der Waals surface area (Å²) >= 11 is 5.93. The average molecular weight is 281 g/mol. The van der Waals surface area contributed by atoms with E-state index in [0.717, 1.165) is 11.3 Å². The number of nitrogen functional groups attached to an aromatic ring is 1. The number of hydrazine groups is 1. The molecule has 0 amide bonds. The number of hydrogen-bond donors (Lipinski definition) is 2. The van der Waals surface area contributed by atoms with Crippen molar-refractivity contribution in [1.29, 1.82) is 0 Å². The van der Waals surface area contributed by atoms with Crippen molar-refractivity contribution in [3.63, 3.8) is 0 Å². The molecule has 19 heavy (non-hydrogen) atoms. The summed E-state index contributed by atoms with van der Waals surface area (Å²) in [6.45, 7) is 0.338. The summed E-state index contributed by atoms with van der Waals surface area (Å²) < 4.78 is 10.6. The van der Waals surface area contributed by atoms with E-state index in [1.807, 2.05) is 24.3 Å². The van der Waals surface area contributed by atoms with E-state index in [2.05, 4.69) is 15.4 Å². The Kier molecular flexibility index (Phi) is 4.38. The summed E-state index contributed by atoms with van der Waals surface area (Å²) in [6.07, 6.45) is 1.42. The van der Waals surface area contributed by atoms with Crippen molar-refractivity contribution >= 4 is 17.5 Å². The molecule has 0 unspecified atom stereocenters. The summed E-state index contributed by atoms with van der Waals surface area (Å²) in [6, 6.07) is 7.51. The molecule has 0 bridgehead atoms. The highest BCUT2D eigenvalue weighted by Crippen LogP contribution is 2.22. The fourth-order valence-corrected chi connectivity index (χ4v) is 1.54. The first-order valence-corrected chi connectivity index (χ1v) is 5.85. The van der Waals surface area contributed by atoms with Gasteiger partial charge in [-0.25, -0.2) is 10.8 Å². The van der Waals surface area contributed by atoms with Crippen LogP contribution >= 0.6 is 11.6 Å². The van der Waals surface area contributed by atoms with Gasteiger partial charge in [-0.15, -0.1) is 0 Å². The van der Waals surface area contributed by atoms with Gasteiger partial charge in [0, 0.05) is 0 Å². The van der Waals surface area contributed by atoms with Gasteiger partial charge in [-0.3, -0.25) is 5.43 Å². The van der Waals surface area contributed by atoms with Crippen LogP contribution in [0.3, 0.4) is 0 Å². The number of benzene rings is 1. The van der Waals surface area contributed by atoms with Gasteiger partial charge in [-0.2, -0.15) is 4.98 Å². The Morgan fingerprint density at radius 2 is 2.05 bits per heavy atom. The largest absolute Gasteiger partial charge is 0.497 e. The summed E-state index contributed by atoms with van der Waals surface area (Å²) in [5.41, 5.74) is 3.30. The quantitative estimate of drug-likeness (QED) is 0.644. The number of hydrogen-bond acceptors (Lipinski definition) is 6. The molecule has 2 aromatic rings. The molecule has 1 aromatic carbocycles. The van der Waals surface area contributed by atoms with E-state index < -0.39 is 0 Å². The minimum absolute atomic E-state index is 0.245. The second-order valence-electron chi connectivity index (χ2n) is 3.63. The van der Waals surface area contributed by atoms with E-state index in [1.165, 1.54) is 6.20 Å². The van der Waals surface area contributed by atoms with Crippen LogP contribution in [-0.4, -0.2) is 17.1 Å². The fraction of sp³-hybridized carbons (Fsp3) is 0.167. The molecular weight excluding hydrogens is 268 g/mol. The van der Waals surface area contributed by atoms with Crippen LogP contribution in [0.5, 0.6) is 11.6 Å². The van der Waals surface area contributed by atoms with E-state index in [1.54, 1.807) is 7.11 Å². The molecule has 7 heteroatoms. The highest BCUT2D eigenvalue weighted by atomic mass is 35.5. The third-order valence-corrected chi connectivity index (χ3v) is 2.63. The Bertz CT molecular complexity index is 548. The monoisotopic (exact) mass is 280 g/mol. The van der Waals surface area contributed by atoms with Gasteiger partial charge in [-0.05, 0) is 17.7 Å². The lowest BCUT2D eigenvalue weighted by Gasteiger charge is -2.08. The summed E-state index contributed by atoms with van der Waals surface area (Å²) in [5.74, 6) is 6.53. The third-order valence-electron chi connectivity index (χ3n) is 2.38.